The van der Waals surface area contributed by atoms with E-state index in [1.165, 1.54) is 4.90 Å². The number of halogens is 2. The Morgan fingerprint density at radius 3 is 1.96 bits per heavy atom. The van der Waals surface area contributed by atoms with Crippen LogP contribution in [-0.4, -0.2) is 47.7 Å². The lowest BCUT2D eigenvalue weighted by atomic mass is 10.2. The minimum absolute atomic E-state index is 0.0156. The molecule has 1 atom stereocenters. The molecule has 1 heterocycles. The second-order valence-corrected chi connectivity index (χ2v) is 6.34. The Morgan fingerprint density at radius 1 is 1.11 bits per heavy atom. The molecule has 0 spiro atoms. The van der Waals surface area contributed by atoms with Gasteiger partial charge in [0.1, 0.15) is 12.6 Å². The topological polar surface area (TPSA) is 90.6 Å². The molecule has 28 heavy (non-hydrogen) atoms. The van der Waals surface area contributed by atoms with Gasteiger partial charge in [-0.2, -0.15) is 5.26 Å². The molecule has 1 aliphatic heterocycles. The molecule has 8 heteroatoms. The van der Waals surface area contributed by atoms with E-state index in [1.807, 2.05) is 66.7 Å². The zero-order valence-corrected chi connectivity index (χ0v) is 16.5. The van der Waals surface area contributed by atoms with Gasteiger partial charge in [0.15, 0.2) is 0 Å². The van der Waals surface area contributed by atoms with Crippen LogP contribution in [0.4, 0.5) is 0 Å². The van der Waals surface area contributed by atoms with Crippen molar-refractivity contribution >= 4 is 35.1 Å². The van der Waals surface area contributed by atoms with E-state index in [0.29, 0.717) is 6.54 Å². The summed E-state index contributed by atoms with van der Waals surface area (Å²) in [5, 5.41) is 18.5. The van der Waals surface area contributed by atoms with Crippen LogP contribution in [0.3, 0.4) is 0 Å². The number of ether oxygens (including phenoxy) is 1. The molecule has 1 unspecified atom stereocenters. The molecule has 0 aromatic heterocycles. The number of carboxylic acid groups (broad SMARTS) is 1. The molecule has 6 nitrogen and oxygen atoms in total. The van der Waals surface area contributed by atoms with E-state index in [4.69, 9.17) is 38.3 Å². The Hall–Kier alpha value is -2.59. The molecular weight excluding hydrogens is 403 g/mol. The average molecular weight is 423 g/mol. The third-order valence-electron chi connectivity index (χ3n) is 3.36. The van der Waals surface area contributed by atoms with Crippen LogP contribution in [-0.2, 0) is 14.3 Å². The summed E-state index contributed by atoms with van der Waals surface area (Å²) in [6, 6.07) is 20.7. The minimum Gasteiger partial charge on any atom is -0.481 e. The molecule has 1 amide bonds. The van der Waals surface area contributed by atoms with Crippen LogP contribution < -0.4 is 0 Å². The first-order valence-corrected chi connectivity index (χ1v) is 9.10. The third kappa shape index (κ3) is 9.93. The lowest BCUT2D eigenvalue weighted by Crippen LogP contribution is -2.48. The molecule has 0 aliphatic carbocycles. The van der Waals surface area contributed by atoms with E-state index in [2.05, 4.69) is 0 Å². The number of rotatable bonds is 3. The third-order valence-corrected chi connectivity index (χ3v) is 3.86. The summed E-state index contributed by atoms with van der Waals surface area (Å²) in [5.74, 6) is -1.50. The van der Waals surface area contributed by atoms with Crippen molar-refractivity contribution in [1.82, 2.24) is 4.90 Å². The predicted molar refractivity (Wildman–Crippen MR) is 107 cm³/mol. The molecule has 148 valence electrons. The Morgan fingerprint density at radius 2 is 1.61 bits per heavy atom. The van der Waals surface area contributed by atoms with E-state index in [1.54, 1.807) is 0 Å². The number of nitriles is 1. The van der Waals surface area contributed by atoms with Gasteiger partial charge >= 0.3 is 5.97 Å². The van der Waals surface area contributed by atoms with Crippen LogP contribution in [0.5, 0.6) is 0 Å². The monoisotopic (exact) mass is 422 g/mol. The van der Waals surface area contributed by atoms with E-state index < -0.39 is 18.0 Å². The summed E-state index contributed by atoms with van der Waals surface area (Å²) >= 11 is 11.1. The van der Waals surface area contributed by atoms with Crippen LogP contribution in [0.2, 0.25) is 10.0 Å². The van der Waals surface area contributed by atoms with Gasteiger partial charge in [-0.05, 0) is 24.3 Å². The standard InChI is InChI=1S/C8H10N2O4.2C6H5Cl/c9-1-2-10-3-4-14-6(8(10)13)5-7(11)12;2*7-6-4-2-1-3-5-6/h6H,2-5H2,(H,11,12);2*1-5H. The fourth-order valence-electron chi connectivity index (χ4n) is 2.07. The molecule has 1 aliphatic rings. The summed E-state index contributed by atoms with van der Waals surface area (Å²) in [5.41, 5.74) is 0. The maximum absolute atomic E-state index is 11.4. The van der Waals surface area contributed by atoms with Crippen molar-refractivity contribution in [3.8, 4) is 6.07 Å². The van der Waals surface area contributed by atoms with Crippen LogP contribution >= 0.6 is 23.2 Å². The predicted octanol–water partition coefficient (Wildman–Crippen LogP) is 3.89. The lowest BCUT2D eigenvalue weighted by Gasteiger charge is -2.29. The quantitative estimate of drug-likeness (QED) is 0.757. The number of benzene rings is 2. The first-order chi connectivity index (χ1) is 13.4. The number of carboxylic acids is 1. The highest BCUT2D eigenvalue weighted by Gasteiger charge is 2.30. The Labute approximate surface area is 173 Å². The largest absolute Gasteiger partial charge is 0.481 e. The molecule has 0 bridgehead atoms. The van der Waals surface area contributed by atoms with Crippen LogP contribution in [0, 0.1) is 11.3 Å². The first kappa shape index (κ1) is 23.4. The van der Waals surface area contributed by atoms with Gasteiger partial charge in [-0.3, -0.25) is 9.59 Å². The Kier molecular flexibility index (Phi) is 11.4. The van der Waals surface area contributed by atoms with E-state index in [-0.39, 0.29) is 19.6 Å². The van der Waals surface area contributed by atoms with Crippen molar-refractivity contribution in [3.05, 3.63) is 70.7 Å². The average Bonchev–Trinajstić information content (AvgIpc) is 2.67. The molecule has 0 saturated carbocycles. The zero-order valence-electron chi connectivity index (χ0n) is 15.0. The number of hydrogen-bond donors (Lipinski definition) is 1. The summed E-state index contributed by atoms with van der Waals surface area (Å²) < 4.78 is 5.00. The second-order valence-electron chi connectivity index (χ2n) is 5.47. The van der Waals surface area contributed by atoms with E-state index in [9.17, 15) is 9.59 Å². The molecular formula is C20H20Cl2N2O4. The van der Waals surface area contributed by atoms with Crippen molar-refractivity contribution in [2.24, 2.45) is 0 Å². The Bertz CT molecular complexity index is 729. The van der Waals surface area contributed by atoms with Crippen molar-refractivity contribution in [1.29, 1.82) is 5.26 Å². The number of morpholine rings is 1. The Balaban J connectivity index is 0.000000233. The van der Waals surface area contributed by atoms with Gasteiger partial charge in [-0.15, -0.1) is 0 Å². The highest BCUT2D eigenvalue weighted by atomic mass is 35.5. The molecule has 1 fully saturated rings. The summed E-state index contributed by atoms with van der Waals surface area (Å²) in [4.78, 5) is 23.1. The smallest absolute Gasteiger partial charge is 0.306 e. The second kappa shape index (κ2) is 13.6. The van der Waals surface area contributed by atoms with Gasteiger partial charge in [-0.1, -0.05) is 59.6 Å². The number of carbonyl (C=O) groups is 2. The van der Waals surface area contributed by atoms with Gasteiger partial charge in [0.2, 0.25) is 0 Å². The van der Waals surface area contributed by atoms with Crippen molar-refractivity contribution < 1.29 is 19.4 Å². The highest BCUT2D eigenvalue weighted by Crippen LogP contribution is 2.10. The highest BCUT2D eigenvalue weighted by molar-refractivity contribution is 6.30. The van der Waals surface area contributed by atoms with Crippen LogP contribution in [0.1, 0.15) is 6.42 Å². The number of hydrogen-bond acceptors (Lipinski definition) is 4. The van der Waals surface area contributed by atoms with E-state index in [0.717, 1.165) is 10.0 Å². The minimum atomic E-state index is -1.08. The number of aliphatic carboxylic acids is 1. The maximum Gasteiger partial charge on any atom is 0.306 e. The van der Waals surface area contributed by atoms with Crippen molar-refractivity contribution in [2.75, 3.05) is 19.7 Å². The SMILES string of the molecule is Clc1ccccc1.Clc1ccccc1.N#CCN1CCOC(CC(=O)O)C1=O. The van der Waals surface area contributed by atoms with Gasteiger partial charge < -0.3 is 14.7 Å². The normalized spacial score (nSPS) is 15.2. The maximum atomic E-state index is 11.4. The fourth-order valence-corrected chi connectivity index (χ4v) is 2.36. The molecule has 1 N–H and O–H groups in total. The fraction of sp³-hybridized carbons (Fsp3) is 0.250. The molecule has 1 saturated heterocycles. The molecule has 2 aromatic carbocycles. The molecule has 3 rings (SSSR count). The number of carbonyl (C=O) groups excluding carboxylic acids is 1. The van der Waals surface area contributed by atoms with Gasteiger partial charge in [0, 0.05) is 16.6 Å². The number of nitrogens with zero attached hydrogens (tertiary/aromatic N) is 2. The van der Waals surface area contributed by atoms with Gasteiger partial charge in [0.05, 0.1) is 19.1 Å². The van der Waals surface area contributed by atoms with Gasteiger partial charge in [-0.25, -0.2) is 0 Å². The zero-order chi connectivity index (χ0) is 20.8. The van der Waals surface area contributed by atoms with E-state index >= 15 is 0 Å². The van der Waals surface area contributed by atoms with Crippen LogP contribution in [0.15, 0.2) is 60.7 Å². The summed E-state index contributed by atoms with van der Waals surface area (Å²) in [6.07, 6.45) is -1.28. The molecule has 2 aromatic rings. The summed E-state index contributed by atoms with van der Waals surface area (Å²) in [7, 11) is 0. The van der Waals surface area contributed by atoms with Crippen molar-refractivity contribution in [2.45, 2.75) is 12.5 Å². The summed E-state index contributed by atoms with van der Waals surface area (Å²) in [6.45, 7) is 0.617. The van der Waals surface area contributed by atoms with Crippen LogP contribution in [0.25, 0.3) is 0 Å². The lowest BCUT2D eigenvalue weighted by molar-refractivity contribution is -0.158. The van der Waals surface area contributed by atoms with Gasteiger partial charge in [0.25, 0.3) is 5.91 Å². The van der Waals surface area contributed by atoms with Crippen molar-refractivity contribution in [3.63, 3.8) is 0 Å². The first-order valence-electron chi connectivity index (χ1n) is 8.34. The number of amides is 1. The molecule has 0 radical (unpaired) electrons.